The largest absolute Gasteiger partial charge is 0.494 e. The first-order chi connectivity index (χ1) is 12.7. The zero-order valence-electron chi connectivity index (χ0n) is 14.9. The van der Waals surface area contributed by atoms with Crippen LogP contribution in [0.25, 0.3) is 0 Å². The molecule has 2 fully saturated rings. The van der Waals surface area contributed by atoms with Crippen molar-refractivity contribution in [1.82, 2.24) is 20.1 Å². The van der Waals surface area contributed by atoms with E-state index in [0.29, 0.717) is 35.7 Å². The van der Waals surface area contributed by atoms with Gasteiger partial charge in [0.15, 0.2) is 5.82 Å². The normalized spacial score (nSPS) is 21.9. The molecular formula is C19H24N4O3. The first-order valence-corrected chi connectivity index (χ1v) is 9.27. The number of aliphatic hydroxyl groups is 1. The van der Waals surface area contributed by atoms with Gasteiger partial charge >= 0.3 is 0 Å². The minimum Gasteiger partial charge on any atom is -0.494 e. The first kappa shape index (κ1) is 17.0. The van der Waals surface area contributed by atoms with Gasteiger partial charge in [-0.15, -0.1) is 10.2 Å². The van der Waals surface area contributed by atoms with E-state index in [1.165, 1.54) is 0 Å². The molecule has 1 heterocycles. The number of rotatable bonds is 7. The summed E-state index contributed by atoms with van der Waals surface area (Å²) in [6.45, 7) is 2.42. The molecule has 0 spiro atoms. The second-order valence-electron chi connectivity index (χ2n) is 7.03. The molecule has 0 saturated heterocycles. The Hall–Kier alpha value is -2.41. The van der Waals surface area contributed by atoms with Gasteiger partial charge in [0, 0.05) is 23.6 Å². The van der Waals surface area contributed by atoms with E-state index in [0.717, 1.165) is 31.5 Å². The third-order valence-corrected chi connectivity index (χ3v) is 5.09. The molecule has 26 heavy (non-hydrogen) atoms. The molecule has 2 aromatic rings. The average Bonchev–Trinajstić information content (AvgIpc) is 3.37. The molecule has 1 aromatic heterocycles. The number of amides is 1. The van der Waals surface area contributed by atoms with Gasteiger partial charge in [-0.3, -0.25) is 4.79 Å². The highest BCUT2D eigenvalue weighted by atomic mass is 16.5. The van der Waals surface area contributed by atoms with Gasteiger partial charge < -0.3 is 19.7 Å². The number of carbonyl (C=O) groups is 1. The minimum atomic E-state index is -0.0768. The molecule has 7 heteroatoms. The third-order valence-electron chi connectivity index (χ3n) is 5.09. The van der Waals surface area contributed by atoms with E-state index < -0.39 is 0 Å². The van der Waals surface area contributed by atoms with Crippen LogP contribution in [0.2, 0.25) is 0 Å². The van der Waals surface area contributed by atoms with E-state index in [-0.39, 0.29) is 18.6 Å². The molecule has 2 aliphatic carbocycles. The van der Waals surface area contributed by atoms with Crippen LogP contribution in [0.15, 0.2) is 24.3 Å². The molecule has 1 aromatic carbocycles. The van der Waals surface area contributed by atoms with E-state index in [1.807, 2.05) is 19.1 Å². The molecular weight excluding hydrogens is 332 g/mol. The highest BCUT2D eigenvalue weighted by Crippen LogP contribution is 2.42. The molecule has 2 aliphatic rings. The predicted molar refractivity (Wildman–Crippen MR) is 95.1 cm³/mol. The van der Waals surface area contributed by atoms with Gasteiger partial charge in [0.2, 0.25) is 0 Å². The molecule has 0 aliphatic heterocycles. The van der Waals surface area contributed by atoms with Gasteiger partial charge in [0.1, 0.15) is 18.2 Å². The smallest absolute Gasteiger partial charge is 0.251 e. The van der Waals surface area contributed by atoms with Gasteiger partial charge in [-0.05, 0) is 50.8 Å². The highest BCUT2D eigenvalue weighted by Gasteiger charge is 2.38. The van der Waals surface area contributed by atoms with Crippen molar-refractivity contribution in [2.45, 2.75) is 57.2 Å². The predicted octanol–water partition coefficient (Wildman–Crippen LogP) is 2.18. The Bertz CT molecular complexity index is 794. The number of nitrogens with one attached hydrogen (secondary N) is 1. The van der Waals surface area contributed by atoms with Crippen LogP contribution in [0.1, 0.15) is 66.6 Å². The lowest BCUT2D eigenvalue weighted by molar-refractivity contribution is 0.0906. The van der Waals surface area contributed by atoms with Crippen molar-refractivity contribution >= 4 is 5.91 Å². The Labute approximate surface area is 152 Å². The number of benzene rings is 1. The number of ether oxygens (including phenoxy) is 1. The van der Waals surface area contributed by atoms with Crippen LogP contribution < -0.4 is 10.1 Å². The molecule has 7 nitrogen and oxygen atoms in total. The molecule has 4 rings (SSSR count). The lowest BCUT2D eigenvalue weighted by atomic mass is 9.79. The topological polar surface area (TPSA) is 89.3 Å². The lowest BCUT2D eigenvalue weighted by Crippen LogP contribution is -2.44. The van der Waals surface area contributed by atoms with Crippen molar-refractivity contribution in [2.75, 3.05) is 6.61 Å². The van der Waals surface area contributed by atoms with Gasteiger partial charge in [0.25, 0.3) is 5.91 Å². The van der Waals surface area contributed by atoms with E-state index in [1.54, 1.807) is 12.1 Å². The van der Waals surface area contributed by atoms with Crippen molar-refractivity contribution < 1.29 is 14.6 Å². The number of aromatic nitrogens is 3. The fourth-order valence-corrected chi connectivity index (χ4v) is 3.56. The monoisotopic (exact) mass is 356 g/mol. The van der Waals surface area contributed by atoms with E-state index in [9.17, 15) is 9.90 Å². The number of nitrogens with zero attached hydrogens (tertiary/aromatic N) is 3. The molecule has 0 radical (unpaired) electrons. The minimum absolute atomic E-state index is 0.0743. The van der Waals surface area contributed by atoms with E-state index >= 15 is 0 Å². The van der Waals surface area contributed by atoms with Gasteiger partial charge in [-0.25, -0.2) is 0 Å². The second kappa shape index (κ2) is 7.07. The second-order valence-corrected chi connectivity index (χ2v) is 7.03. The van der Waals surface area contributed by atoms with Crippen LogP contribution in [-0.4, -0.2) is 38.4 Å². The summed E-state index contributed by atoms with van der Waals surface area (Å²) in [7, 11) is 0. The fraction of sp³-hybridized carbons (Fsp3) is 0.526. The third kappa shape index (κ3) is 3.31. The fourth-order valence-electron chi connectivity index (χ4n) is 3.56. The Morgan fingerprint density at radius 2 is 2.15 bits per heavy atom. The molecule has 1 amide bonds. The molecule has 0 unspecified atom stereocenters. The quantitative estimate of drug-likeness (QED) is 0.794. The van der Waals surface area contributed by atoms with Gasteiger partial charge in [-0.2, -0.15) is 0 Å². The number of carbonyl (C=O) groups excluding carboxylic acids is 1. The Balaban J connectivity index is 1.36. The van der Waals surface area contributed by atoms with Crippen LogP contribution in [0, 0.1) is 0 Å². The molecule has 2 saturated carbocycles. The summed E-state index contributed by atoms with van der Waals surface area (Å²) in [6, 6.07) is 7.83. The van der Waals surface area contributed by atoms with Gasteiger partial charge in [-0.1, -0.05) is 6.07 Å². The van der Waals surface area contributed by atoms with Crippen LogP contribution in [-0.2, 0) is 6.61 Å². The van der Waals surface area contributed by atoms with Gasteiger partial charge in [0.05, 0.1) is 6.61 Å². The van der Waals surface area contributed by atoms with Crippen molar-refractivity contribution in [2.24, 2.45) is 0 Å². The van der Waals surface area contributed by atoms with Crippen LogP contribution in [0.3, 0.4) is 0 Å². The molecule has 0 bridgehead atoms. The summed E-state index contributed by atoms with van der Waals surface area (Å²) < 4.78 is 7.56. The first-order valence-electron chi connectivity index (χ1n) is 9.27. The van der Waals surface area contributed by atoms with Crippen molar-refractivity contribution in [3.8, 4) is 5.75 Å². The van der Waals surface area contributed by atoms with Crippen LogP contribution >= 0.6 is 0 Å². The summed E-state index contributed by atoms with van der Waals surface area (Å²) in [5.41, 5.74) is 0.614. The maximum Gasteiger partial charge on any atom is 0.251 e. The maximum atomic E-state index is 12.5. The number of hydrogen-bond donors (Lipinski definition) is 2. The summed E-state index contributed by atoms with van der Waals surface area (Å²) in [5.74, 6) is 2.54. The number of hydrogen-bond acceptors (Lipinski definition) is 5. The zero-order valence-corrected chi connectivity index (χ0v) is 14.9. The zero-order chi connectivity index (χ0) is 18.1. The maximum absolute atomic E-state index is 12.5. The van der Waals surface area contributed by atoms with E-state index in [4.69, 9.17) is 4.74 Å². The summed E-state index contributed by atoms with van der Waals surface area (Å²) >= 11 is 0. The molecule has 2 N–H and O–H groups in total. The Kier molecular flexibility index (Phi) is 4.63. The Morgan fingerprint density at radius 1 is 1.35 bits per heavy atom. The standard InChI is InChI=1S/C19H24N4O3/c1-2-26-16-5-3-4-12(10-16)19(25)20-14-8-13(9-14)18-22-21-17(11-24)23(18)15-6-7-15/h3-5,10,13-15,24H,2,6-9,11H2,1H3,(H,20,25). The summed E-state index contributed by atoms with van der Waals surface area (Å²) in [4.78, 5) is 12.5. The Morgan fingerprint density at radius 3 is 2.85 bits per heavy atom. The summed E-state index contributed by atoms with van der Waals surface area (Å²) in [6.07, 6.45) is 3.96. The molecule has 0 atom stereocenters. The summed E-state index contributed by atoms with van der Waals surface area (Å²) in [5, 5.41) is 21.0. The van der Waals surface area contributed by atoms with Crippen molar-refractivity contribution in [3.05, 3.63) is 41.5 Å². The number of aliphatic hydroxyl groups excluding tert-OH is 1. The van der Waals surface area contributed by atoms with Crippen LogP contribution in [0.5, 0.6) is 5.75 Å². The van der Waals surface area contributed by atoms with Crippen molar-refractivity contribution in [3.63, 3.8) is 0 Å². The van der Waals surface area contributed by atoms with Crippen molar-refractivity contribution in [1.29, 1.82) is 0 Å². The SMILES string of the molecule is CCOc1cccc(C(=O)NC2CC(c3nnc(CO)n3C3CC3)C2)c1. The van der Waals surface area contributed by atoms with Crippen LogP contribution in [0.4, 0.5) is 0 Å². The van der Waals surface area contributed by atoms with E-state index in [2.05, 4.69) is 20.1 Å². The highest BCUT2D eigenvalue weighted by molar-refractivity contribution is 5.94. The molecule has 138 valence electrons. The average molecular weight is 356 g/mol. The lowest BCUT2D eigenvalue weighted by Gasteiger charge is -2.35.